The normalized spacial score (nSPS) is 22.6. The molecule has 1 fully saturated rings. The molecule has 3 heteroatoms. The molecule has 0 unspecified atom stereocenters. The molecule has 2 heterocycles. The van der Waals surface area contributed by atoms with Crippen LogP contribution in [0.15, 0.2) is 36.9 Å². The third-order valence-electron chi connectivity index (χ3n) is 3.53. The molecule has 2 atom stereocenters. The van der Waals surface area contributed by atoms with E-state index in [1.54, 1.807) is 6.08 Å². The zero-order valence-electron chi connectivity index (χ0n) is 11.1. The fourth-order valence-electron chi connectivity index (χ4n) is 2.50. The van der Waals surface area contributed by atoms with Gasteiger partial charge in [0.2, 0.25) is 5.88 Å². The van der Waals surface area contributed by atoms with Crippen LogP contribution < -0.4 is 10.1 Å². The highest BCUT2D eigenvalue weighted by molar-refractivity contribution is 5.82. The van der Waals surface area contributed by atoms with Crippen molar-refractivity contribution >= 4 is 17.0 Å². The first-order valence-electron chi connectivity index (χ1n) is 6.68. The lowest BCUT2D eigenvalue weighted by Gasteiger charge is -2.14. The minimum Gasteiger partial charge on any atom is -0.472 e. The molecule has 1 aliphatic rings. The smallest absolute Gasteiger partial charge is 0.221 e. The van der Waals surface area contributed by atoms with Gasteiger partial charge in [-0.25, -0.2) is 4.98 Å². The number of hydrogen-bond acceptors (Lipinski definition) is 3. The Morgan fingerprint density at radius 1 is 1.42 bits per heavy atom. The summed E-state index contributed by atoms with van der Waals surface area (Å²) in [5.41, 5.74) is 1.92. The van der Waals surface area contributed by atoms with Gasteiger partial charge in [0.25, 0.3) is 0 Å². The van der Waals surface area contributed by atoms with Crippen LogP contribution >= 0.6 is 0 Å². The summed E-state index contributed by atoms with van der Waals surface area (Å²) >= 11 is 0. The lowest BCUT2D eigenvalue weighted by Crippen LogP contribution is -2.21. The third kappa shape index (κ3) is 2.47. The molecule has 1 saturated heterocycles. The average Bonchev–Trinajstić information content (AvgIpc) is 2.83. The Kier molecular flexibility index (Phi) is 3.22. The summed E-state index contributed by atoms with van der Waals surface area (Å²) in [7, 11) is 0. The number of nitrogens with zero attached hydrogens (tertiary/aromatic N) is 1. The number of nitrogens with one attached hydrogen (secondary N) is 1. The van der Waals surface area contributed by atoms with Crippen LogP contribution in [0.2, 0.25) is 0 Å². The summed E-state index contributed by atoms with van der Waals surface area (Å²) < 4.78 is 6.03. The summed E-state index contributed by atoms with van der Waals surface area (Å²) in [6, 6.07) is 10.7. The number of para-hydroxylation sites is 1. The van der Waals surface area contributed by atoms with Crippen LogP contribution in [0.3, 0.4) is 0 Å². The fourth-order valence-corrected chi connectivity index (χ4v) is 2.50. The maximum atomic E-state index is 6.03. The van der Waals surface area contributed by atoms with Gasteiger partial charge >= 0.3 is 0 Å². The first kappa shape index (κ1) is 12.2. The Bertz CT molecular complexity index is 609. The molecule has 1 aromatic heterocycles. The summed E-state index contributed by atoms with van der Waals surface area (Å²) in [5, 5.41) is 4.50. The van der Waals surface area contributed by atoms with Gasteiger partial charge in [0.05, 0.1) is 5.52 Å². The molecule has 3 nitrogen and oxygen atoms in total. The van der Waals surface area contributed by atoms with Crippen molar-refractivity contribution in [3.8, 4) is 5.88 Å². The van der Waals surface area contributed by atoms with Crippen LogP contribution in [0.1, 0.15) is 18.9 Å². The van der Waals surface area contributed by atoms with E-state index in [-0.39, 0.29) is 6.10 Å². The molecule has 0 amide bonds. The Balaban J connectivity index is 1.94. The van der Waals surface area contributed by atoms with Gasteiger partial charge in [-0.15, -0.1) is 0 Å². The predicted molar refractivity (Wildman–Crippen MR) is 78.3 cm³/mol. The molecule has 2 aromatic rings. The van der Waals surface area contributed by atoms with Crippen molar-refractivity contribution in [2.75, 3.05) is 6.54 Å². The second-order valence-corrected chi connectivity index (χ2v) is 5.06. The Labute approximate surface area is 113 Å². The van der Waals surface area contributed by atoms with Crippen LogP contribution in [0, 0.1) is 0 Å². The number of pyridine rings is 1. The van der Waals surface area contributed by atoms with Gasteiger partial charge in [-0.05, 0) is 19.1 Å². The van der Waals surface area contributed by atoms with Crippen molar-refractivity contribution < 1.29 is 4.74 Å². The highest BCUT2D eigenvalue weighted by atomic mass is 16.5. The van der Waals surface area contributed by atoms with E-state index in [2.05, 4.69) is 35.9 Å². The molecule has 3 rings (SSSR count). The van der Waals surface area contributed by atoms with E-state index in [0.717, 1.165) is 29.4 Å². The van der Waals surface area contributed by atoms with E-state index < -0.39 is 0 Å². The van der Waals surface area contributed by atoms with Crippen LogP contribution in [-0.2, 0) is 0 Å². The van der Waals surface area contributed by atoms with Crippen molar-refractivity contribution in [2.45, 2.75) is 25.5 Å². The Morgan fingerprint density at radius 3 is 3.00 bits per heavy atom. The molecule has 19 heavy (non-hydrogen) atoms. The molecule has 0 aliphatic carbocycles. The Morgan fingerprint density at radius 2 is 2.26 bits per heavy atom. The fraction of sp³-hybridized carbons (Fsp3) is 0.312. The summed E-state index contributed by atoms with van der Waals surface area (Å²) in [4.78, 5) is 4.61. The number of hydrogen-bond donors (Lipinski definition) is 1. The number of ether oxygens (including phenoxy) is 1. The van der Waals surface area contributed by atoms with Crippen molar-refractivity contribution in [3.63, 3.8) is 0 Å². The van der Waals surface area contributed by atoms with E-state index in [4.69, 9.17) is 4.74 Å². The van der Waals surface area contributed by atoms with Crippen molar-refractivity contribution in [2.24, 2.45) is 0 Å². The molecule has 0 spiro atoms. The molecule has 1 aliphatic heterocycles. The zero-order valence-corrected chi connectivity index (χ0v) is 11.1. The highest BCUT2D eigenvalue weighted by Crippen LogP contribution is 2.25. The van der Waals surface area contributed by atoms with E-state index in [0.29, 0.717) is 11.9 Å². The number of benzene rings is 1. The second-order valence-electron chi connectivity index (χ2n) is 5.06. The maximum Gasteiger partial charge on any atom is 0.221 e. The molecule has 1 N–H and O–H groups in total. The first-order valence-corrected chi connectivity index (χ1v) is 6.68. The van der Waals surface area contributed by atoms with E-state index >= 15 is 0 Å². The van der Waals surface area contributed by atoms with E-state index in [9.17, 15) is 0 Å². The minimum absolute atomic E-state index is 0.197. The number of rotatable bonds is 3. The largest absolute Gasteiger partial charge is 0.472 e. The molecule has 0 bridgehead atoms. The number of fused-ring (bicyclic) bond motifs is 1. The first-order chi connectivity index (χ1) is 9.26. The van der Waals surface area contributed by atoms with E-state index in [1.807, 2.05) is 18.2 Å². The summed E-state index contributed by atoms with van der Waals surface area (Å²) in [6.07, 6.45) is 3.02. The SMILES string of the molecule is C=Cc1cc2ccccc2nc1O[C@H]1CN[C@H](C)C1. The molecule has 0 radical (unpaired) electrons. The van der Waals surface area contributed by atoms with Gasteiger partial charge in [-0.3, -0.25) is 0 Å². The minimum atomic E-state index is 0.197. The Hall–Kier alpha value is -1.87. The van der Waals surface area contributed by atoms with Crippen LogP contribution in [0.5, 0.6) is 5.88 Å². The highest BCUT2D eigenvalue weighted by Gasteiger charge is 2.23. The van der Waals surface area contributed by atoms with Gasteiger partial charge in [0, 0.05) is 30.0 Å². The molecule has 98 valence electrons. The summed E-state index contributed by atoms with van der Waals surface area (Å²) in [6.45, 7) is 6.91. The van der Waals surface area contributed by atoms with Gasteiger partial charge in [0.15, 0.2) is 0 Å². The van der Waals surface area contributed by atoms with Crippen molar-refractivity contribution in [1.82, 2.24) is 10.3 Å². The zero-order chi connectivity index (χ0) is 13.2. The quantitative estimate of drug-likeness (QED) is 0.914. The number of aromatic nitrogens is 1. The van der Waals surface area contributed by atoms with Gasteiger partial charge < -0.3 is 10.1 Å². The lowest BCUT2D eigenvalue weighted by atomic mass is 10.1. The van der Waals surface area contributed by atoms with Crippen LogP contribution in [0.25, 0.3) is 17.0 Å². The monoisotopic (exact) mass is 254 g/mol. The standard InChI is InChI=1S/C16H18N2O/c1-3-12-9-13-6-4-5-7-15(13)18-16(12)19-14-8-11(2)17-10-14/h3-7,9,11,14,17H,1,8,10H2,2H3/t11-,14-/m1/s1. The molecule has 0 saturated carbocycles. The van der Waals surface area contributed by atoms with Gasteiger partial charge in [-0.1, -0.05) is 30.9 Å². The maximum absolute atomic E-state index is 6.03. The third-order valence-corrected chi connectivity index (χ3v) is 3.53. The topological polar surface area (TPSA) is 34.1 Å². The predicted octanol–water partition coefficient (Wildman–Crippen LogP) is 3.01. The van der Waals surface area contributed by atoms with Crippen molar-refractivity contribution in [1.29, 1.82) is 0 Å². The second kappa shape index (κ2) is 5.02. The van der Waals surface area contributed by atoms with E-state index in [1.165, 1.54) is 0 Å². The van der Waals surface area contributed by atoms with Crippen LogP contribution in [-0.4, -0.2) is 23.7 Å². The average molecular weight is 254 g/mol. The van der Waals surface area contributed by atoms with Gasteiger partial charge in [-0.2, -0.15) is 0 Å². The van der Waals surface area contributed by atoms with Crippen molar-refractivity contribution in [3.05, 3.63) is 42.5 Å². The lowest BCUT2D eigenvalue weighted by molar-refractivity contribution is 0.212. The molecule has 1 aromatic carbocycles. The van der Waals surface area contributed by atoms with Gasteiger partial charge in [0.1, 0.15) is 6.10 Å². The molecular weight excluding hydrogens is 236 g/mol. The summed E-state index contributed by atoms with van der Waals surface area (Å²) in [5.74, 6) is 0.689. The van der Waals surface area contributed by atoms with Crippen LogP contribution in [0.4, 0.5) is 0 Å². The molecular formula is C16H18N2O.